The lowest BCUT2D eigenvalue weighted by Gasteiger charge is -2.32. The van der Waals surface area contributed by atoms with Gasteiger partial charge < -0.3 is 0 Å². The van der Waals surface area contributed by atoms with E-state index in [1.54, 1.807) is 6.20 Å². The summed E-state index contributed by atoms with van der Waals surface area (Å²) in [7, 11) is 0. The molecule has 0 spiro atoms. The Kier molecular flexibility index (Phi) is 5.26. The van der Waals surface area contributed by atoms with E-state index >= 15 is 0 Å². The van der Waals surface area contributed by atoms with Crippen LogP contribution in [0.15, 0.2) is 24.4 Å². The van der Waals surface area contributed by atoms with E-state index in [2.05, 4.69) is 29.0 Å². The van der Waals surface area contributed by atoms with Crippen molar-refractivity contribution >= 4 is 5.78 Å². The number of hydrogen-bond acceptors (Lipinski definition) is 4. The molecule has 0 fully saturated rings. The highest BCUT2D eigenvalue weighted by Gasteiger charge is 2.35. The van der Waals surface area contributed by atoms with Crippen molar-refractivity contribution in [3.05, 3.63) is 41.2 Å². The van der Waals surface area contributed by atoms with Crippen molar-refractivity contribution in [3.8, 4) is 11.4 Å². The minimum Gasteiger partial charge on any atom is -0.299 e. The van der Waals surface area contributed by atoms with E-state index in [0.29, 0.717) is 12.2 Å². The van der Waals surface area contributed by atoms with E-state index in [-0.39, 0.29) is 5.41 Å². The summed E-state index contributed by atoms with van der Waals surface area (Å²) in [6, 6.07) is 5.88. The summed E-state index contributed by atoms with van der Waals surface area (Å²) >= 11 is 0. The average molecular weight is 337 g/mol. The number of hydrogen-bond donors (Lipinski definition) is 0. The third kappa shape index (κ3) is 3.63. The molecule has 3 rings (SSSR count). The maximum absolute atomic E-state index is 12.8. The van der Waals surface area contributed by atoms with Crippen molar-refractivity contribution in [3.63, 3.8) is 0 Å². The van der Waals surface area contributed by atoms with Gasteiger partial charge in [0.2, 0.25) is 0 Å². The third-order valence-corrected chi connectivity index (χ3v) is 5.42. The highest BCUT2D eigenvalue weighted by molar-refractivity contribution is 5.85. The van der Waals surface area contributed by atoms with Crippen molar-refractivity contribution in [1.82, 2.24) is 15.2 Å². The van der Waals surface area contributed by atoms with Crippen LogP contribution >= 0.6 is 0 Å². The monoisotopic (exact) mass is 337 g/mol. The molecule has 2 aromatic rings. The summed E-state index contributed by atoms with van der Waals surface area (Å²) in [4.78, 5) is 17.3. The first-order valence-corrected chi connectivity index (χ1v) is 9.35. The summed E-state index contributed by atoms with van der Waals surface area (Å²) < 4.78 is 0. The molecule has 0 aliphatic heterocycles. The summed E-state index contributed by atoms with van der Waals surface area (Å²) in [5.74, 6) is 0.387. The molecule has 1 unspecified atom stereocenters. The summed E-state index contributed by atoms with van der Waals surface area (Å²) in [5.41, 5.74) is 4.86. The van der Waals surface area contributed by atoms with Crippen LogP contribution in [-0.4, -0.2) is 21.0 Å². The molecule has 0 saturated carbocycles. The fourth-order valence-electron chi connectivity index (χ4n) is 3.88. The average Bonchev–Trinajstić information content (AvgIpc) is 2.60. The quantitative estimate of drug-likeness (QED) is 0.825. The number of ketones is 1. The lowest BCUT2D eigenvalue weighted by atomic mass is 9.71. The molecule has 25 heavy (non-hydrogen) atoms. The number of carbonyl (C=O) groups excluding carboxylic acids is 1. The van der Waals surface area contributed by atoms with Crippen molar-refractivity contribution in [1.29, 1.82) is 0 Å². The Morgan fingerprint density at radius 2 is 2.04 bits per heavy atom. The second kappa shape index (κ2) is 7.42. The Balaban J connectivity index is 2.08. The van der Waals surface area contributed by atoms with Gasteiger partial charge in [0.1, 0.15) is 11.5 Å². The molecule has 4 nitrogen and oxygen atoms in total. The van der Waals surface area contributed by atoms with Gasteiger partial charge in [-0.25, -0.2) is 0 Å². The molecule has 0 amide bonds. The first-order valence-electron chi connectivity index (χ1n) is 9.35. The molecule has 0 saturated heterocycles. The van der Waals surface area contributed by atoms with E-state index in [4.69, 9.17) is 0 Å². The van der Waals surface area contributed by atoms with Crippen LogP contribution < -0.4 is 0 Å². The second-order valence-corrected chi connectivity index (χ2v) is 7.42. The highest BCUT2D eigenvalue weighted by Crippen LogP contribution is 2.38. The number of Topliss-reactive ketones (excluding diaryl/α,β-unsaturated/α-hetero) is 1. The first-order chi connectivity index (χ1) is 12.0. The highest BCUT2D eigenvalue weighted by atomic mass is 16.1. The van der Waals surface area contributed by atoms with Crippen LogP contribution in [0, 0.1) is 12.3 Å². The minimum absolute atomic E-state index is 0.291. The van der Waals surface area contributed by atoms with Gasteiger partial charge in [-0.2, -0.15) is 5.10 Å². The molecule has 2 aromatic heterocycles. The topological polar surface area (TPSA) is 55.7 Å². The van der Waals surface area contributed by atoms with E-state index in [0.717, 1.165) is 55.6 Å². The summed E-state index contributed by atoms with van der Waals surface area (Å²) in [6.07, 6.45) is 8.23. The van der Waals surface area contributed by atoms with Crippen LogP contribution in [0.2, 0.25) is 0 Å². The number of nitrogens with zero attached hydrogens (tertiary/aromatic N) is 3. The van der Waals surface area contributed by atoms with Gasteiger partial charge in [0.25, 0.3) is 0 Å². The van der Waals surface area contributed by atoms with E-state index in [9.17, 15) is 4.79 Å². The summed E-state index contributed by atoms with van der Waals surface area (Å²) in [5, 5.41) is 8.88. The zero-order chi connectivity index (χ0) is 17.9. The van der Waals surface area contributed by atoms with Crippen LogP contribution in [-0.2, 0) is 17.6 Å². The number of carbonyl (C=O) groups is 1. The predicted molar refractivity (Wildman–Crippen MR) is 99.3 cm³/mol. The maximum atomic E-state index is 12.8. The van der Waals surface area contributed by atoms with Gasteiger partial charge in [-0.05, 0) is 62.3 Å². The molecule has 0 bridgehead atoms. The van der Waals surface area contributed by atoms with Gasteiger partial charge in [-0.1, -0.05) is 26.3 Å². The maximum Gasteiger partial charge on any atom is 0.139 e. The lowest BCUT2D eigenvalue weighted by Crippen LogP contribution is -2.32. The van der Waals surface area contributed by atoms with Crippen molar-refractivity contribution in [2.24, 2.45) is 5.41 Å². The number of pyridine rings is 1. The summed E-state index contributed by atoms with van der Waals surface area (Å²) in [6.45, 7) is 6.23. The van der Waals surface area contributed by atoms with Gasteiger partial charge >= 0.3 is 0 Å². The van der Waals surface area contributed by atoms with Crippen LogP contribution in [0.5, 0.6) is 0 Å². The SMILES string of the molecule is CCCC(=O)C1(C)CCCCc2c(-c3ccccn3)nnc(C)c2C1. The number of fused-ring (bicyclic) bond motifs is 1. The Morgan fingerprint density at radius 3 is 2.76 bits per heavy atom. The van der Waals surface area contributed by atoms with Gasteiger partial charge in [0, 0.05) is 18.0 Å². The Bertz CT molecular complexity index is 757. The molecule has 0 aromatic carbocycles. The molecule has 1 aliphatic rings. The van der Waals surface area contributed by atoms with Gasteiger partial charge in [-0.3, -0.25) is 9.78 Å². The molecule has 1 aliphatic carbocycles. The fraction of sp³-hybridized carbons (Fsp3) is 0.524. The Hall–Kier alpha value is -2.10. The minimum atomic E-state index is -0.291. The normalized spacial score (nSPS) is 20.4. The number of aromatic nitrogens is 3. The lowest BCUT2D eigenvalue weighted by molar-refractivity contribution is -0.128. The van der Waals surface area contributed by atoms with Gasteiger partial charge in [0.05, 0.1) is 11.4 Å². The Morgan fingerprint density at radius 1 is 1.20 bits per heavy atom. The van der Waals surface area contributed by atoms with E-state index < -0.39 is 0 Å². The molecule has 4 heteroatoms. The number of aryl methyl sites for hydroxylation is 1. The molecular weight excluding hydrogens is 310 g/mol. The smallest absolute Gasteiger partial charge is 0.139 e. The van der Waals surface area contributed by atoms with Crippen LogP contribution in [0.4, 0.5) is 0 Å². The second-order valence-electron chi connectivity index (χ2n) is 7.42. The van der Waals surface area contributed by atoms with E-state index in [1.165, 1.54) is 11.1 Å². The molecule has 2 heterocycles. The largest absolute Gasteiger partial charge is 0.299 e. The first kappa shape index (κ1) is 17.7. The van der Waals surface area contributed by atoms with Crippen LogP contribution in [0.25, 0.3) is 11.4 Å². The molecule has 0 radical (unpaired) electrons. The molecule has 132 valence electrons. The zero-order valence-electron chi connectivity index (χ0n) is 15.5. The van der Waals surface area contributed by atoms with Crippen molar-refractivity contribution < 1.29 is 4.79 Å². The van der Waals surface area contributed by atoms with Crippen molar-refractivity contribution in [2.45, 2.75) is 65.7 Å². The molecular formula is C21H27N3O. The molecule has 1 atom stereocenters. The van der Waals surface area contributed by atoms with Gasteiger partial charge in [0.15, 0.2) is 0 Å². The molecule has 0 N–H and O–H groups in total. The fourth-order valence-corrected chi connectivity index (χ4v) is 3.88. The van der Waals surface area contributed by atoms with Crippen LogP contribution in [0.1, 0.15) is 62.8 Å². The predicted octanol–water partition coefficient (Wildman–Crippen LogP) is 4.49. The van der Waals surface area contributed by atoms with Crippen molar-refractivity contribution in [2.75, 3.05) is 0 Å². The standard InChI is InChI=1S/C21H27N3O/c1-4-9-19(25)21(3)12-7-5-10-16-17(14-21)15(2)23-24-20(16)18-11-6-8-13-22-18/h6,8,11,13H,4-5,7,9-10,12,14H2,1-3H3. The third-order valence-electron chi connectivity index (χ3n) is 5.42. The number of rotatable bonds is 4. The zero-order valence-corrected chi connectivity index (χ0v) is 15.5. The Labute approximate surface area is 150 Å². The van der Waals surface area contributed by atoms with E-state index in [1.807, 2.05) is 25.1 Å². The van der Waals surface area contributed by atoms with Gasteiger partial charge in [-0.15, -0.1) is 5.10 Å². The van der Waals surface area contributed by atoms with Crippen LogP contribution in [0.3, 0.4) is 0 Å².